The van der Waals surface area contributed by atoms with Crippen molar-refractivity contribution in [2.24, 2.45) is 0 Å². The number of para-hydroxylation sites is 1. The number of nitrogens with one attached hydrogen (secondary N) is 1. The molecule has 0 bridgehead atoms. The molecular formula is C27H25N3O4S2. The highest BCUT2D eigenvalue weighted by Gasteiger charge is 2.24. The van der Waals surface area contributed by atoms with Crippen molar-refractivity contribution in [2.45, 2.75) is 30.8 Å². The number of thioether (sulfide) groups is 1. The number of carbonyl (C=O) groups excluding carboxylic acids is 1. The molecule has 1 amide bonds. The number of amides is 1. The Hall–Kier alpha value is -3.30. The van der Waals surface area contributed by atoms with E-state index in [9.17, 15) is 9.59 Å². The maximum atomic E-state index is 13.6. The monoisotopic (exact) mass is 519 g/mol. The summed E-state index contributed by atoms with van der Waals surface area (Å²) < 4.78 is 12.9. The van der Waals surface area contributed by atoms with Crippen molar-refractivity contribution >= 4 is 39.2 Å². The van der Waals surface area contributed by atoms with E-state index in [2.05, 4.69) is 5.32 Å². The molecule has 0 unspecified atom stereocenters. The molecule has 2 aromatic heterocycles. The molecule has 3 heterocycles. The average molecular weight is 520 g/mol. The van der Waals surface area contributed by atoms with Crippen LogP contribution in [-0.4, -0.2) is 41.0 Å². The Morgan fingerprint density at radius 2 is 1.92 bits per heavy atom. The summed E-state index contributed by atoms with van der Waals surface area (Å²) >= 11 is 2.91. The molecule has 0 spiro atoms. The number of ether oxygens (including phenoxy) is 2. The van der Waals surface area contributed by atoms with E-state index in [1.807, 2.05) is 48.5 Å². The fraction of sp³-hybridized carbons (Fsp3) is 0.296. The molecule has 36 heavy (non-hydrogen) atoms. The molecular weight excluding hydrogens is 494 g/mol. The minimum Gasteiger partial charge on any atom is -0.486 e. The third-order valence-corrected chi connectivity index (χ3v) is 8.52. The predicted molar refractivity (Wildman–Crippen MR) is 142 cm³/mol. The van der Waals surface area contributed by atoms with Gasteiger partial charge in [0.15, 0.2) is 16.7 Å². The van der Waals surface area contributed by atoms with E-state index in [0.717, 1.165) is 57.8 Å². The van der Waals surface area contributed by atoms with Crippen LogP contribution in [0.3, 0.4) is 0 Å². The molecule has 2 aliphatic rings. The molecule has 1 N–H and O–H groups in total. The number of aryl methyl sites for hydroxylation is 2. The van der Waals surface area contributed by atoms with Crippen LogP contribution in [0, 0.1) is 0 Å². The van der Waals surface area contributed by atoms with Crippen molar-refractivity contribution in [3.05, 3.63) is 74.9 Å². The second kappa shape index (κ2) is 9.99. The number of hydrogen-bond acceptors (Lipinski definition) is 7. The number of fused-ring (bicyclic) bond motifs is 4. The molecule has 0 fully saturated rings. The first-order valence-corrected chi connectivity index (χ1v) is 13.9. The standard InChI is InChI=1S/C27H25N3O4S2/c31-23(28-12-11-17-9-10-20-21(15-17)34-14-13-33-20)16-35-27-29-25-24(19-7-4-8-22(19)36-25)26(32)30(27)18-5-2-1-3-6-18/h1-3,5-6,9-10,15H,4,7-8,11-14,16H2,(H,28,31). The molecule has 4 aromatic rings. The lowest BCUT2D eigenvalue weighted by Gasteiger charge is -2.18. The molecule has 1 aliphatic heterocycles. The summed E-state index contributed by atoms with van der Waals surface area (Å²) in [4.78, 5) is 33.2. The topological polar surface area (TPSA) is 82.5 Å². The maximum absolute atomic E-state index is 13.6. The summed E-state index contributed by atoms with van der Waals surface area (Å²) in [6, 6.07) is 15.4. The van der Waals surface area contributed by atoms with Crippen LogP contribution in [0.1, 0.15) is 22.4 Å². The van der Waals surface area contributed by atoms with Gasteiger partial charge in [-0.2, -0.15) is 0 Å². The molecule has 0 saturated carbocycles. The number of carbonyl (C=O) groups is 1. The highest BCUT2D eigenvalue weighted by atomic mass is 32.2. The second-order valence-electron chi connectivity index (χ2n) is 8.77. The van der Waals surface area contributed by atoms with Gasteiger partial charge in [0.25, 0.3) is 5.56 Å². The van der Waals surface area contributed by atoms with Crippen molar-refractivity contribution in [1.82, 2.24) is 14.9 Å². The van der Waals surface area contributed by atoms with Crippen LogP contribution in [0.25, 0.3) is 15.9 Å². The van der Waals surface area contributed by atoms with E-state index in [-0.39, 0.29) is 17.2 Å². The molecule has 7 nitrogen and oxygen atoms in total. The summed E-state index contributed by atoms with van der Waals surface area (Å²) in [5.41, 5.74) is 2.94. The smallest absolute Gasteiger partial charge is 0.267 e. The Kier molecular flexibility index (Phi) is 6.41. The van der Waals surface area contributed by atoms with Gasteiger partial charge in [-0.1, -0.05) is 36.0 Å². The third-order valence-electron chi connectivity index (χ3n) is 6.40. The summed E-state index contributed by atoms with van der Waals surface area (Å²) in [7, 11) is 0. The number of thiophene rings is 1. The van der Waals surface area contributed by atoms with Gasteiger partial charge in [-0.25, -0.2) is 4.98 Å². The van der Waals surface area contributed by atoms with Gasteiger partial charge in [-0.15, -0.1) is 11.3 Å². The fourth-order valence-electron chi connectivity index (χ4n) is 4.70. The maximum Gasteiger partial charge on any atom is 0.267 e. The zero-order chi connectivity index (χ0) is 24.5. The molecule has 2 aromatic carbocycles. The largest absolute Gasteiger partial charge is 0.486 e. The van der Waals surface area contributed by atoms with Crippen LogP contribution in [0.2, 0.25) is 0 Å². The van der Waals surface area contributed by atoms with E-state index in [0.29, 0.717) is 31.3 Å². The second-order valence-corrected chi connectivity index (χ2v) is 10.8. The Bertz CT molecular complexity index is 1500. The van der Waals surface area contributed by atoms with Gasteiger partial charge in [-0.3, -0.25) is 14.2 Å². The number of benzene rings is 2. The summed E-state index contributed by atoms with van der Waals surface area (Å²) in [6.07, 6.45) is 3.71. The van der Waals surface area contributed by atoms with Crippen molar-refractivity contribution < 1.29 is 14.3 Å². The van der Waals surface area contributed by atoms with Gasteiger partial charge in [-0.05, 0) is 61.1 Å². The third kappa shape index (κ3) is 4.49. The molecule has 9 heteroatoms. The number of aromatic nitrogens is 2. The first-order chi connectivity index (χ1) is 17.7. The summed E-state index contributed by atoms with van der Waals surface area (Å²) in [5, 5.41) is 4.26. The minimum atomic E-state index is -0.0971. The zero-order valence-electron chi connectivity index (χ0n) is 19.6. The Balaban J connectivity index is 1.17. The Morgan fingerprint density at radius 3 is 2.78 bits per heavy atom. The van der Waals surface area contributed by atoms with Crippen molar-refractivity contribution in [3.63, 3.8) is 0 Å². The van der Waals surface area contributed by atoms with Crippen LogP contribution < -0.4 is 20.3 Å². The fourth-order valence-corrected chi connectivity index (χ4v) is 6.84. The van der Waals surface area contributed by atoms with Gasteiger partial charge in [0, 0.05) is 11.4 Å². The Labute approximate surface area is 216 Å². The number of hydrogen-bond donors (Lipinski definition) is 1. The molecule has 1 aliphatic carbocycles. The quantitative estimate of drug-likeness (QED) is 0.292. The lowest BCUT2D eigenvalue weighted by Crippen LogP contribution is -2.28. The lowest BCUT2D eigenvalue weighted by atomic mass is 10.1. The van der Waals surface area contributed by atoms with Crippen LogP contribution in [0.5, 0.6) is 11.5 Å². The minimum absolute atomic E-state index is 0.0490. The average Bonchev–Trinajstić information content (AvgIpc) is 3.49. The molecule has 6 rings (SSSR count). The normalized spacial score (nSPS) is 14.1. The molecule has 184 valence electrons. The first kappa shape index (κ1) is 23.1. The van der Waals surface area contributed by atoms with E-state index >= 15 is 0 Å². The highest BCUT2D eigenvalue weighted by molar-refractivity contribution is 7.99. The van der Waals surface area contributed by atoms with Gasteiger partial charge < -0.3 is 14.8 Å². The predicted octanol–water partition coefficient (Wildman–Crippen LogP) is 4.16. The summed E-state index contributed by atoms with van der Waals surface area (Å²) in [5.74, 6) is 1.59. The van der Waals surface area contributed by atoms with E-state index in [1.54, 1.807) is 15.9 Å². The molecule has 0 atom stereocenters. The lowest BCUT2D eigenvalue weighted by molar-refractivity contribution is -0.118. The SMILES string of the molecule is O=C(CSc1nc2sc3c(c2c(=O)n1-c1ccccc1)CCC3)NCCc1ccc2c(c1)OCCO2. The zero-order valence-corrected chi connectivity index (χ0v) is 21.3. The van der Waals surface area contributed by atoms with Crippen molar-refractivity contribution in [2.75, 3.05) is 25.5 Å². The van der Waals surface area contributed by atoms with Crippen LogP contribution >= 0.6 is 23.1 Å². The van der Waals surface area contributed by atoms with Gasteiger partial charge in [0.05, 0.1) is 16.8 Å². The van der Waals surface area contributed by atoms with Crippen LogP contribution in [-0.2, 0) is 24.1 Å². The van der Waals surface area contributed by atoms with Gasteiger partial charge in [0.2, 0.25) is 5.91 Å². The number of rotatable bonds is 7. The van der Waals surface area contributed by atoms with Crippen LogP contribution in [0.15, 0.2) is 58.5 Å². The first-order valence-electron chi connectivity index (χ1n) is 12.1. The highest BCUT2D eigenvalue weighted by Crippen LogP contribution is 2.36. The van der Waals surface area contributed by atoms with Crippen LogP contribution in [0.4, 0.5) is 0 Å². The van der Waals surface area contributed by atoms with E-state index in [1.165, 1.54) is 16.6 Å². The summed E-state index contributed by atoms with van der Waals surface area (Å²) in [6.45, 7) is 1.62. The Morgan fingerprint density at radius 1 is 1.08 bits per heavy atom. The van der Waals surface area contributed by atoms with E-state index in [4.69, 9.17) is 14.5 Å². The van der Waals surface area contributed by atoms with Gasteiger partial charge >= 0.3 is 0 Å². The van der Waals surface area contributed by atoms with Gasteiger partial charge in [0.1, 0.15) is 18.0 Å². The number of nitrogens with zero attached hydrogens (tertiary/aromatic N) is 2. The van der Waals surface area contributed by atoms with Crippen molar-refractivity contribution in [3.8, 4) is 17.2 Å². The van der Waals surface area contributed by atoms with Crippen molar-refractivity contribution in [1.29, 1.82) is 0 Å². The molecule has 0 radical (unpaired) electrons. The van der Waals surface area contributed by atoms with E-state index < -0.39 is 0 Å². The molecule has 0 saturated heterocycles.